The number of carbonyl (C=O) groups excluding carboxylic acids is 2. The molecule has 3 saturated carbocycles. The van der Waals surface area contributed by atoms with E-state index in [-0.39, 0.29) is 17.5 Å². The summed E-state index contributed by atoms with van der Waals surface area (Å²) in [4.78, 5) is 23.5. The summed E-state index contributed by atoms with van der Waals surface area (Å²) in [6.07, 6.45) is 10.7. The van der Waals surface area contributed by atoms with Gasteiger partial charge in [-0.15, -0.1) is 0 Å². The number of ether oxygens (including phenoxy) is 1. The molecule has 7 atom stereocenters. The van der Waals surface area contributed by atoms with Gasteiger partial charge < -0.3 is 4.74 Å². The van der Waals surface area contributed by atoms with Crippen molar-refractivity contribution in [3.63, 3.8) is 0 Å². The van der Waals surface area contributed by atoms with Gasteiger partial charge in [-0.25, -0.2) is 0 Å². The molecule has 23 heavy (non-hydrogen) atoms. The molecule has 5 aliphatic rings. The first-order chi connectivity index (χ1) is 11.1. The topological polar surface area (TPSA) is 43.4 Å². The Morgan fingerprint density at radius 1 is 1.13 bits per heavy atom. The van der Waals surface area contributed by atoms with Gasteiger partial charge in [0.2, 0.25) is 0 Å². The zero-order valence-electron chi connectivity index (χ0n) is 13.9. The van der Waals surface area contributed by atoms with Crippen molar-refractivity contribution >= 4 is 11.8 Å². The Morgan fingerprint density at radius 2 is 2.00 bits per heavy atom. The molecule has 0 spiro atoms. The van der Waals surface area contributed by atoms with Crippen LogP contribution in [0.4, 0.5) is 0 Å². The molecule has 0 N–H and O–H groups in total. The number of hydrogen-bond acceptors (Lipinski definition) is 3. The molecule has 3 nitrogen and oxygen atoms in total. The number of esters is 1. The van der Waals surface area contributed by atoms with Gasteiger partial charge in [0.1, 0.15) is 6.10 Å². The molecule has 4 fully saturated rings. The highest BCUT2D eigenvalue weighted by Gasteiger charge is 2.62. The number of allylic oxidation sites excluding steroid dienone is 1. The summed E-state index contributed by atoms with van der Waals surface area (Å²) in [5.41, 5.74) is 1.67. The van der Waals surface area contributed by atoms with E-state index in [9.17, 15) is 9.59 Å². The SMILES string of the molecule is C[C@]12CC[C@H]3[C@H](CCC4=CC(=O)CC[C@H]43)[C@@H]1C[C@H]1CC(=O)O[C@H]12. The van der Waals surface area contributed by atoms with E-state index in [4.69, 9.17) is 4.74 Å². The third-order valence-corrected chi connectivity index (χ3v) is 8.06. The van der Waals surface area contributed by atoms with Gasteiger partial charge in [-0.05, 0) is 68.3 Å². The monoisotopic (exact) mass is 314 g/mol. The normalized spacial score (nSPS) is 51.3. The maximum absolute atomic E-state index is 11.7. The Labute approximate surface area is 137 Å². The van der Waals surface area contributed by atoms with Crippen molar-refractivity contribution in [2.45, 2.75) is 64.4 Å². The fraction of sp³-hybridized carbons (Fsp3) is 0.800. The van der Waals surface area contributed by atoms with Crippen molar-refractivity contribution in [1.82, 2.24) is 0 Å². The van der Waals surface area contributed by atoms with Crippen molar-refractivity contribution in [2.24, 2.45) is 35.0 Å². The lowest BCUT2D eigenvalue weighted by Gasteiger charge is -2.53. The second-order valence-electron chi connectivity index (χ2n) is 8.96. The van der Waals surface area contributed by atoms with Crippen molar-refractivity contribution < 1.29 is 14.3 Å². The number of hydrogen-bond donors (Lipinski definition) is 0. The van der Waals surface area contributed by atoms with Crippen LogP contribution in [0.5, 0.6) is 0 Å². The second-order valence-corrected chi connectivity index (χ2v) is 8.96. The number of rotatable bonds is 0. The maximum atomic E-state index is 11.7. The van der Waals surface area contributed by atoms with E-state index in [0.717, 1.165) is 37.0 Å². The third-order valence-electron chi connectivity index (χ3n) is 8.06. The molecule has 0 radical (unpaired) electrons. The van der Waals surface area contributed by atoms with Crippen LogP contribution < -0.4 is 0 Å². The van der Waals surface area contributed by atoms with E-state index in [1.807, 2.05) is 6.08 Å². The molecule has 3 heteroatoms. The summed E-state index contributed by atoms with van der Waals surface area (Å²) in [6, 6.07) is 0. The van der Waals surface area contributed by atoms with Crippen molar-refractivity contribution in [3.8, 4) is 0 Å². The van der Waals surface area contributed by atoms with Gasteiger partial charge in [-0.1, -0.05) is 12.5 Å². The van der Waals surface area contributed by atoms with Gasteiger partial charge in [0.05, 0.1) is 6.42 Å². The van der Waals surface area contributed by atoms with Crippen LogP contribution in [0.25, 0.3) is 0 Å². The Morgan fingerprint density at radius 3 is 2.87 bits per heavy atom. The summed E-state index contributed by atoms with van der Waals surface area (Å²) >= 11 is 0. The molecule has 0 unspecified atom stereocenters. The molecule has 0 amide bonds. The van der Waals surface area contributed by atoms with Crippen LogP contribution in [-0.4, -0.2) is 17.9 Å². The molecule has 1 saturated heterocycles. The first-order valence-electron chi connectivity index (χ1n) is 9.49. The summed E-state index contributed by atoms with van der Waals surface area (Å²) in [5.74, 6) is 3.80. The Bertz CT molecular complexity index is 606. The zero-order chi connectivity index (χ0) is 15.8. The number of carbonyl (C=O) groups is 2. The lowest BCUT2D eigenvalue weighted by molar-refractivity contribution is -0.150. The molecule has 1 heterocycles. The fourth-order valence-corrected chi connectivity index (χ4v) is 7.14. The molecule has 0 aromatic carbocycles. The first kappa shape index (κ1) is 14.2. The summed E-state index contributed by atoms with van der Waals surface area (Å²) in [5, 5.41) is 0. The van der Waals surface area contributed by atoms with Crippen LogP contribution in [0.1, 0.15) is 58.3 Å². The van der Waals surface area contributed by atoms with Crippen LogP contribution in [0.2, 0.25) is 0 Å². The van der Waals surface area contributed by atoms with Gasteiger partial charge in [-0.2, -0.15) is 0 Å². The van der Waals surface area contributed by atoms with Crippen LogP contribution >= 0.6 is 0 Å². The molecule has 124 valence electrons. The molecule has 1 aliphatic heterocycles. The standard InChI is InChI=1S/C20H26O3/c1-20-7-6-15-14-5-3-13(21)8-11(14)2-4-16(15)17(20)9-12-10-18(22)23-19(12)20/h8,12,14-17,19H,2-7,9-10H2,1H3/t12-,14+,15+,16-,17-,19+,20-/m0/s1. The minimum Gasteiger partial charge on any atom is -0.461 e. The Balaban J connectivity index is 1.45. The molecule has 0 bridgehead atoms. The maximum Gasteiger partial charge on any atom is 0.306 e. The van der Waals surface area contributed by atoms with Gasteiger partial charge >= 0.3 is 5.97 Å². The lowest BCUT2D eigenvalue weighted by atomic mass is 9.52. The van der Waals surface area contributed by atoms with E-state index >= 15 is 0 Å². The van der Waals surface area contributed by atoms with E-state index in [1.165, 1.54) is 31.3 Å². The average molecular weight is 314 g/mol. The molecule has 0 aromatic rings. The van der Waals surface area contributed by atoms with E-state index < -0.39 is 0 Å². The molecule has 5 rings (SSSR count). The lowest BCUT2D eigenvalue weighted by Crippen LogP contribution is -2.48. The summed E-state index contributed by atoms with van der Waals surface area (Å²) in [7, 11) is 0. The minimum atomic E-state index is 0.0291. The highest BCUT2D eigenvalue weighted by atomic mass is 16.6. The highest BCUT2D eigenvalue weighted by molar-refractivity contribution is 5.91. The fourth-order valence-electron chi connectivity index (χ4n) is 7.14. The van der Waals surface area contributed by atoms with Crippen LogP contribution in [0, 0.1) is 35.0 Å². The summed E-state index contributed by atoms with van der Waals surface area (Å²) in [6.45, 7) is 2.40. The van der Waals surface area contributed by atoms with Crippen molar-refractivity contribution in [2.75, 3.05) is 0 Å². The smallest absolute Gasteiger partial charge is 0.306 e. The molecular formula is C20H26O3. The number of fused-ring (bicyclic) bond motifs is 7. The minimum absolute atomic E-state index is 0.0291. The quantitative estimate of drug-likeness (QED) is 0.641. The van der Waals surface area contributed by atoms with E-state index in [2.05, 4.69) is 6.92 Å². The summed E-state index contributed by atoms with van der Waals surface area (Å²) < 4.78 is 5.76. The molecule has 0 aromatic heterocycles. The van der Waals surface area contributed by atoms with Crippen LogP contribution in [0.15, 0.2) is 11.6 Å². The highest BCUT2D eigenvalue weighted by Crippen LogP contribution is 2.65. The molecule has 4 aliphatic carbocycles. The van der Waals surface area contributed by atoms with Crippen LogP contribution in [0.3, 0.4) is 0 Å². The van der Waals surface area contributed by atoms with Gasteiger partial charge in [0.25, 0.3) is 0 Å². The first-order valence-corrected chi connectivity index (χ1v) is 9.49. The predicted molar refractivity (Wildman–Crippen MR) is 85.5 cm³/mol. The zero-order valence-corrected chi connectivity index (χ0v) is 13.9. The van der Waals surface area contributed by atoms with Gasteiger partial charge in [0, 0.05) is 17.8 Å². The number of ketones is 1. The Hall–Kier alpha value is -1.12. The largest absolute Gasteiger partial charge is 0.461 e. The predicted octanol–water partition coefficient (Wildman–Crippen LogP) is 3.67. The van der Waals surface area contributed by atoms with E-state index in [1.54, 1.807) is 0 Å². The van der Waals surface area contributed by atoms with Crippen LogP contribution in [-0.2, 0) is 14.3 Å². The third kappa shape index (κ3) is 1.88. The molecular weight excluding hydrogens is 288 g/mol. The van der Waals surface area contributed by atoms with Gasteiger partial charge in [0.15, 0.2) is 5.78 Å². The Kier molecular flexibility index (Phi) is 2.91. The van der Waals surface area contributed by atoms with E-state index in [0.29, 0.717) is 24.0 Å². The average Bonchev–Trinajstić information content (AvgIpc) is 3.02. The van der Waals surface area contributed by atoms with Gasteiger partial charge in [-0.3, -0.25) is 9.59 Å². The van der Waals surface area contributed by atoms with Crippen molar-refractivity contribution in [3.05, 3.63) is 11.6 Å². The van der Waals surface area contributed by atoms with Crippen molar-refractivity contribution in [1.29, 1.82) is 0 Å². The second kappa shape index (κ2) is 4.70.